The fourth-order valence-electron chi connectivity index (χ4n) is 7.94. The Morgan fingerprint density at radius 2 is 0.929 bits per heavy atom. The summed E-state index contributed by atoms with van der Waals surface area (Å²) in [5.41, 5.74) is 10.6. The molecule has 0 unspecified atom stereocenters. The van der Waals surface area contributed by atoms with Crippen molar-refractivity contribution in [3.63, 3.8) is 0 Å². The van der Waals surface area contributed by atoms with Gasteiger partial charge in [-0.2, -0.15) is 0 Å². The molecular formula is C50H31N5S. The minimum atomic E-state index is 0.610. The quantitative estimate of drug-likeness (QED) is 0.171. The van der Waals surface area contributed by atoms with Crippen molar-refractivity contribution in [1.82, 2.24) is 24.5 Å². The first-order valence-corrected chi connectivity index (χ1v) is 19.5. The van der Waals surface area contributed by atoms with Gasteiger partial charge in [0.05, 0.1) is 16.7 Å². The van der Waals surface area contributed by atoms with Gasteiger partial charge in [0.2, 0.25) is 0 Å². The van der Waals surface area contributed by atoms with Crippen molar-refractivity contribution in [2.75, 3.05) is 0 Å². The molecule has 0 bridgehead atoms. The van der Waals surface area contributed by atoms with Gasteiger partial charge in [0.25, 0.3) is 0 Å². The largest absolute Gasteiger partial charge is 0.309 e. The number of aromatic nitrogens is 5. The molecule has 0 aliphatic heterocycles. The van der Waals surface area contributed by atoms with E-state index < -0.39 is 0 Å². The van der Waals surface area contributed by atoms with E-state index in [9.17, 15) is 0 Å². The molecule has 7 aromatic carbocycles. The lowest BCUT2D eigenvalue weighted by molar-refractivity contribution is 1.07. The van der Waals surface area contributed by atoms with E-state index in [0.717, 1.165) is 60.5 Å². The van der Waals surface area contributed by atoms with E-state index in [-0.39, 0.29) is 0 Å². The number of fused-ring (bicyclic) bond motifs is 6. The maximum atomic E-state index is 5.24. The lowest BCUT2D eigenvalue weighted by Gasteiger charge is -2.16. The summed E-state index contributed by atoms with van der Waals surface area (Å²) in [6.45, 7) is 0. The summed E-state index contributed by atoms with van der Waals surface area (Å²) in [7, 11) is 0. The van der Waals surface area contributed by atoms with Crippen LogP contribution in [0.1, 0.15) is 0 Å². The van der Waals surface area contributed by atoms with Crippen molar-refractivity contribution in [2.24, 2.45) is 0 Å². The number of benzene rings is 7. The average molecular weight is 734 g/mol. The molecule has 0 spiro atoms. The van der Waals surface area contributed by atoms with Gasteiger partial charge in [-0.05, 0) is 53.1 Å². The summed E-state index contributed by atoms with van der Waals surface area (Å²) >= 11 is 1.73. The molecule has 0 saturated heterocycles. The summed E-state index contributed by atoms with van der Waals surface area (Å²) in [6, 6.07) is 63.8. The van der Waals surface area contributed by atoms with Gasteiger partial charge < -0.3 is 4.57 Å². The molecule has 0 radical (unpaired) electrons. The van der Waals surface area contributed by atoms with Gasteiger partial charge in [0.15, 0.2) is 17.5 Å². The Bertz CT molecular complexity index is 3200. The minimum Gasteiger partial charge on any atom is -0.309 e. The molecule has 6 heteroatoms. The normalized spacial score (nSPS) is 11.6. The van der Waals surface area contributed by atoms with E-state index in [0.29, 0.717) is 17.5 Å². The zero-order valence-electron chi connectivity index (χ0n) is 30.0. The Balaban J connectivity index is 1.12. The third-order valence-electron chi connectivity index (χ3n) is 10.5. The molecule has 5 nitrogen and oxygen atoms in total. The van der Waals surface area contributed by atoms with Crippen LogP contribution in [0.5, 0.6) is 0 Å². The second kappa shape index (κ2) is 13.2. The van der Waals surface area contributed by atoms with Crippen LogP contribution in [-0.2, 0) is 0 Å². The van der Waals surface area contributed by atoms with E-state index in [1.807, 2.05) is 30.5 Å². The van der Waals surface area contributed by atoms with Crippen molar-refractivity contribution in [3.05, 3.63) is 188 Å². The Morgan fingerprint density at radius 1 is 0.375 bits per heavy atom. The summed E-state index contributed by atoms with van der Waals surface area (Å²) < 4.78 is 3.60. The molecule has 262 valence electrons. The van der Waals surface area contributed by atoms with E-state index in [2.05, 4.69) is 167 Å². The highest BCUT2D eigenvalue weighted by molar-refractivity contribution is 7.26. The third kappa shape index (κ3) is 5.38. The zero-order valence-corrected chi connectivity index (χ0v) is 30.9. The molecule has 56 heavy (non-hydrogen) atoms. The van der Waals surface area contributed by atoms with Crippen molar-refractivity contribution >= 4 is 53.4 Å². The highest BCUT2D eigenvalue weighted by atomic mass is 32.1. The first-order chi connectivity index (χ1) is 27.8. The fourth-order valence-corrected chi connectivity index (χ4v) is 9.11. The molecule has 4 aromatic heterocycles. The highest BCUT2D eigenvalue weighted by Gasteiger charge is 2.19. The maximum Gasteiger partial charge on any atom is 0.164 e. The lowest BCUT2D eigenvalue weighted by Crippen LogP contribution is -2.02. The maximum absolute atomic E-state index is 5.24. The number of pyridine rings is 1. The van der Waals surface area contributed by atoms with Crippen molar-refractivity contribution in [1.29, 1.82) is 0 Å². The SMILES string of the molecule is c1ccc(-c2nc(-c3cccc(-c4cccc5c4sc4ncccc45)c3)nc(-c3ccc(-c4ccccc4)c(-n4c5ccccc5c5ccccc54)c3)n2)cc1. The smallest absolute Gasteiger partial charge is 0.164 e. The Morgan fingerprint density at radius 3 is 1.66 bits per heavy atom. The number of hydrogen-bond acceptors (Lipinski definition) is 5. The molecule has 11 aromatic rings. The summed E-state index contributed by atoms with van der Waals surface area (Å²) in [6.07, 6.45) is 1.86. The molecule has 0 aliphatic carbocycles. The van der Waals surface area contributed by atoms with Crippen LogP contribution in [0.25, 0.3) is 104 Å². The molecule has 0 N–H and O–H groups in total. The number of nitrogens with zero attached hydrogens (tertiary/aromatic N) is 5. The number of rotatable bonds is 6. The van der Waals surface area contributed by atoms with Crippen LogP contribution in [0, 0.1) is 0 Å². The monoisotopic (exact) mass is 733 g/mol. The van der Waals surface area contributed by atoms with Crippen LogP contribution in [0.15, 0.2) is 188 Å². The zero-order chi connectivity index (χ0) is 37.0. The number of thiophene rings is 1. The van der Waals surface area contributed by atoms with Crippen molar-refractivity contribution in [2.45, 2.75) is 0 Å². The van der Waals surface area contributed by atoms with E-state index >= 15 is 0 Å². The van der Waals surface area contributed by atoms with Crippen molar-refractivity contribution in [3.8, 4) is 62.1 Å². The van der Waals surface area contributed by atoms with Gasteiger partial charge in [0.1, 0.15) is 4.83 Å². The van der Waals surface area contributed by atoms with Crippen molar-refractivity contribution < 1.29 is 0 Å². The molecule has 0 saturated carbocycles. The molecule has 0 aliphatic rings. The summed E-state index contributed by atoms with van der Waals surface area (Å²) in [5.74, 6) is 1.85. The van der Waals surface area contributed by atoms with Gasteiger partial charge in [-0.15, -0.1) is 11.3 Å². The topological polar surface area (TPSA) is 56.5 Å². The van der Waals surface area contributed by atoms with E-state index in [1.165, 1.54) is 26.2 Å². The van der Waals surface area contributed by atoms with Crippen LogP contribution in [-0.4, -0.2) is 24.5 Å². The van der Waals surface area contributed by atoms with Crippen LogP contribution < -0.4 is 0 Å². The lowest BCUT2D eigenvalue weighted by atomic mass is 10.00. The Hall–Kier alpha value is -7.28. The Labute approximate surface area is 326 Å². The molecule has 0 amide bonds. The fraction of sp³-hybridized carbons (Fsp3) is 0. The van der Waals surface area contributed by atoms with Gasteiger partial charge in [-0.25, -0.2) is 19.9 Å². The van der Waals surface area contributed by atoms with Crippen LogP contribution >= 0.6 is 11.3 Å². The molecule has 4 heterocycles. The second-order valence-corrected chi connectivity index (χ2v) is 14.9. The van der Waals surface area contributed by atoms with Gasteiger partial charge in [-0.3, -0.25) is 0 Å². The highest BCUT2D eigenvalue weighted by Crippen LogP contribution is 2.41. The van der Waals surface area contributed by atoms with Crippen LogP contribution in [0.2, 0.25) is 0 Å². The molecule has 0 fully saturated rings. The molecule has 0 atom stereocenters. The van der Waals surface area contributed by atoms with E-state index in [1.54, 1.807) is 11.3 Å². The van der Waals surface area contributed by atoms with Gasteiger partial charge in [0, 0.05) is 54.7 Å². The van der Waals surface area contributed by atoms with Gasteiger partial charge >= 0.3 is 0 Å². The Kier molecular flexibility index (Phi) is 7.60. The first kappa shape index (κ1) is 32.2. The van der Waals surface area contributed by atoms with Gasteiger partial charge in [-0.1, -0.05) is 146 Å². The summed E-state index contributed by atoms with van der Waals surface area (Å²) in [5, 5.41) is 4.82. The second-order valence-electron chi connectivity index (χ2n) is 13.9. The summed E-state index contributed by atoms with van der Waals surface area (Å²) in [4.78, 5) is 21.2. The number of hydrogen-bond donors (Lipinski definition) is 0. The molecular weight excluding hydrogens is 703 g/mol. The minimum absolute atomic E-state index is 0.610. The van der Waals surface area contributed by atoms with Crippen LogP contribution in [0.3, 0.4) is 0 Å². The van der Waals surface area contributed by atoms with Crippen LogP contribution in [0.4, 0.5) is 0 Å². The van der Waals surface area contributed by atoms with E-state index in [4.69, 9.17) is 15.0 Å². The predicted octanol–water partition coefficient (Wildman–Crippen LogP) is 13.1. The third-order valence-corrected chi connectivity index (χ3v) is 11.7. The predicted molar refractivity (Wildman–Crippen MR) is 232 cm³/mol. The number of para-hydroxylation sites is 2. The first-order valence-electron chi connectivity index (χ1n) is 18.6. The standard InChI is InChI=1S/C50H31N5S/c1-3-14-32(15-4-1)37-28-27-36(31-45(37)55-43-25-9-7-20-39(43)40-21-8-10-26-44(40)55)49-53-47(33-16-5-2-6-17-33)52-48(54-49)35-19-11-18-34(30-35)38-22-12-23-41-42-24-13-29-51-50(42)56-46(38)41/h1-31H. The average Bonchev–Trinajstić information content (AvgIpc) is 3.83. The molecule has 11 rings (SSSR count).